The Hall–Kier alpha value is -2.42. The first kappa shape index (κ1) is 18.0. The van der Waals surface area contributed by atoms with Crippen molar-refractivity contribution in [1.82, 2.24) is 26.6 Å². The number of nitrogens with one attached hydrogen (secondary N) is 4. The maximum absolute atomic E-state index is 12.7. The Morgan fingerprint density at radius 3 is 2.74 bits per heavy atom. The molecule has 1 aromatic rings. The van der Waals surface area contributed by atoms with Crippen molar-refractivity contribution in [2.75, 3.05) is 13.1 Å². The van der Waals surface area contributed by atoms with Gasteiger partial charge in [0.2, 0.25) is 5.91 Å². The molecule has 4 aliphatic rings. The Labute approximate surface area is 157 Å². The van der Waals surface area contributed by atoms with Gasteiger partial charge in [-0.15, -0.1) is 0 Å². The van der Waals surface area contributed by atoms with Gasteiger partial charge in [0, 0.05) is 19.2 Å². The van der Waals surface area contributed by atoms with Gasteiger partial charge in [-0.25, -0.2) is 5.43 Å². The first-order valence-corrected chi connectivity index (χ1v) is 9.49. The Bertz CT molecular complexity index is 744. The molecular weight excluding hydrogens is 350 g/mol. The lowest BCUT2D eigenvalue weighted by Gasteiger charge is -2.63. The van der Waals surface area contributed by atoms with E-state index in [1.54, 1.807) is 13.0 Å². The first-order valence-electron chi connectivity index (χ1n) is 9.49. The topological polar surface area (TPSA) is 125 Å². The van der Waals surface area contributed by atoms with Gasteiger partial charge in [0.05, 0.1) is 5.92 Å². The van der Waals surface area contributed by atoms with Crippen LogP contribution in [0.4, 0.5) is 0 Å². The van der Waals surface area contributed by atoms with Crippen LogP contribution in [0.15, 0.2) is 10.6 Å². The summed E-state index contributed by atoms with van der Waals surface area (Å²) in [6.07, 6.45) is 4.75. The lowest BCUT2D eigenvalue weighted by Crippen LogP contribution is -2.59. The zero-order valence-electron chi connectivity index (χ0n) is 15.3. The van der Waals surface area contributed by atoms with Crippen LogP contribution in [0, 0.1) is 24.2 Å². The predicted octanol–water partition coefficient (Wildman–Crippen LogP) is 0.0285. The van der Waals surface area contributed by atoms with Crippen molar-refractivity contribution in [2.24, 2.45) is 17.3 Å². The Morgan fingerprint density at radius 1 is 1.41 bits per heavy atom. The molecule has 146 valence electrons. The van der Waals surface area contributed by atoms with Gasteiger partial charge in [0.25, 0.3) is 11.8 Å². The molecule has 2 atom stereocenters. The van der Waals surface area contributed by atoms with Crippen LogP contribution in [-0.4, -0.2) is 42.0 Å². The van der Waals surface area contributed by atoms with E-state index in [4.69, 9.17) is 4.52 Å². The van der Waals surface area contributed by atoms with Crippen molar-refractivity contribution in [3.05, 3.63) is 17.5 Å². The van der Waals surface area contributed by atoms with Gasteiger partial charge >= 0.3 is 0 Å². The van der Waals surface area contributed by atoms with E-state index in [1.807, 2.05) is 0 Å². The second kappa shape index (κ2) is 6.95. The summed E-state index contributed by atoms with van der Waals surface area (Å²) in [5.74, 6) is 0.463. The minimum atomic E-state index is -0.652. The van der Waals surface area contributed by atoms with Gasteiger partial charge in [0.1, 0.15) is 11.8 Å². The number of nitrogens with zero attached hydrogens (tertiary/aromatic N) is 1. The highest BCUT2D eigenvalue weighted by molar-refractivity contribution is 5.96. The quantitative estimate of drug-likeness (QED) is 0.475. The number of aryl methyl sites for hydroxylation is 1. The zero-order valence-corrected chi connectivity index (χ0v) is 15.3. The van der Waals surface area contributed by atoms with Crippen molar-refractivity contribution < 1.29 is 18.9 Å². The number of carbonyl (C=O) groups excluding carboxylic acids is 3. The Kier molecular flexibility index (Phi) is 4.63. The summed E-state index contributed by atoms with van der Waals surface area (Å²) in [6.45, 7) is 2.74. The van der Waals surface area contributed by atoms with E-state index >= 15 is 0 Å². The minimum absolute atomic E-state index is 0.00290. The summed E-state index contributed by atoms with van der Waals surface area (Å²) >= 11 is 0. The molecule has 2 bridgehead atoms. The molecule has 5 rings (SSSR count). The summed E-state index contributed by atoms with van der Waals surface area (Å²) in [5, 5.41) is 9.27. The summed E-state index contributed by atoms with van der Waals surface area (Å²) < 4.78 is 4.94. The minimum Gasteiger partial charge on any atom is -0.361 e. The molecule has 9 nitrogen and oxygen atoms in total. The largest absolute Gasteiger partial charge is 0.361 e. The highest BCUT2D eigenvalue weighted by atomic mass is 16.5. The zero-order chi connectivity index (χ0) is 19.0. The van der Waals surface area contributed by atoms with E-state index < -0.39 is 11.9 Å². The van der Waals surface area contributed by atoms with Gasteiger partial charge in [0.15, 0.2) is 5.69 Å². The fraction of sp³-hybridized carbons (Fsp3) is 0.667. The second-order valence-corrected chi connectivity index (χ2v) is 8.18. The average Bonchev–Trinajstić information content (AvgIpc) is 3.17. The van der Waals surface area contributed by atoms with Crippen molar-refractivity contribution in [3.63, 3.8) is 0 Å². The molecule has 0 aromatic carbocycles. The van der Waals surface area contributed by atoms with Gasteiger partial charge in [-0.1, -0.05) is 5.16 Å². The molecule has 3 amide bonds. The number of hydrogen-bond acceptors (Lipinski definition) is 6. The number of hydrogen-bond donors (Lipinski definition) is 4. The summed E-state index contributed by atoms with van der Waals surface area (Å²) in [6, 6.07) is 0.892. The predicted molar refractivity (Wildman–Crippen MR) is 94.1 cm³/mol. The maximum atomic E-state index is 12.7. The first-order chi connectivity index (χ1) is 12.9. The third-order valence-electron chi connectivity index (χ3n) is 6.01. The van der Waals surface area contributed by atoms with Crippen LogP contribution in [0.5, 0.6) is 0 Å². The Morgan fingerprint density at radius 2 is 2.19 bits per heavy atom. The van der Waals surface area contributed by atoms with Crippen LogP contribution < -0.4 is 21.5 Å². The van der Waals surface area contributed by atoms with E-state index in [2.05, 4.69) is 26.6 Å². The highest BCUT2D eigenvalue weighted by Crippen LogP contribution is 2.66. The molecule has 4 N–H and O–H groups in total. The fourth-order valence-corrected chi connectivity index (χ4v) is 4.44. The summed E-state index contributed by atoms with van der Waals surface area (Å²) in [7, 11) is 0. The van der Waals surface area contributed by atoms with Crippen LogP contribution in [0.2, 0.25) is 0 Å². The van der Waals surface area contributed by atoms with E-state index in [0.29, 0.717) is 25.3 Å². The molecule has 1 aliphatic heterocycles. The number of carbonyl (C=O) groups is 3. The molecule has 1 aromatic heterocycles. The SMILES string of the molecule is Cc1cc(C(=O)N[C@@H](CC23CC(C2)C3)C(=O)NNC[C@@H]2CCNC2=O)no1. The number of aromatic nitrogens is 1. The maximum Gasteiger partial charge on any atom is 0.274 e. The molecule has 0 radical (unpaired) electrons. The average molecular weight is 375 g/mol. The summed E-state index contributed by atoms with van der Waals surface area (Å²) in [4.78, 5) is 36.7. The van der Waals surface area contributed by atoms with E-state index in [0.717, 1.165) is 31.6 Å². The van der Waals surface area contributed by atoms with E-state index in [-0.39, 0.29) is 28.8 Å². The van der Waals surface area contributed by atoms with Gasteiger partial charge in [-0.2, -0.15) is 0 Å². The highest BCUT2D eigenvalue weighted by Gasteiger charge is 2.57. The normalized spacial score (nSPS) is 29.3. The number of amides is 3. The number of hydrazine groups is 1. The summed E-state index contributed by atoms with van der Waals surface area (Å²) in [5.41, 5.74) is 5.85. The third kappa shape index (κ3) is 3.69. The van der Waals surface area contributed by atoms with Crippen molar-refractivity contribution in [2.45, 2.75) is 45.1 Å². The molecule has 27 heavy (non-hydrogen) atoms. The van der Waals surface area contributed by atoms with Gasteiger partial charge < -0.3 is 15.2 Å². The van der Waals surface area contributed by atoms with Crippen molar-refractivity contribution in [1.29, 1.82) is 0 Å². The molecule has 1 saturated heterocycles. The molecule has 0 spiro atoms. The fourth-order valence-electron chi connectivity index (χ4n) is 4.44. The van der Waals surface area contributed by atoms with Crippen molar-refractivity contribution in [3.8, 4) is 0 Å². The van der Waals surface area contributed by atoms with Crippen LogP contribution in [0.3, 0.4) is 0 Å². The molecule has 4 fully saturated rings. The monoisotopic (exact) mass is 375 g/mol. The molecular formula is C18H25N5O4. The smallest absolute Gasteiger partial charge is 0.274 e. The lowest BCUT2D eigenvalue weighted by molar-refractivity contribution is -0.137. The molecule has 2 heterocycles. The third-order valence-corrected chi connectivity index (χ3v) is 6.01. The van der Waals surface area contributed by atoms with Crippen LogP contribution in [0.1, 0.15) is 48.4 Å². The van der Waals surface area contributed by atoms with Crippen LogP contribution in [0.25, 0.3) is 0 Å². The molecule has 0 unspecified atom stereocenters. The van der Waals surface area contributed by atoms with Gasteiger partial charge in [-0.05, 0) is 50.4 Å². The lowest BCUT2D eigenvalue weighted by atomic mass is 9.43. The second-order valence-electron chi connectivity index (χ2n) is 8.18. The van der Waals surface area contributed by atoms with Crippen molar-refractivity contribution >= 4 is 17.7 Å². The number of rotatable bonds is 8. The Balaban J connectivity index is 1.34. The van der Waals surface area contributed by atoms with E-state index in [9.17, 15) is 14.4 Å². The van der Waals surface area contributed by atoms with Gasteiger partial charge in [-0.3, -0.25) is 19.8 Å². The molecule has 3 aliphatic carbocycles. The van der Waals surface area contributed by atoms with Crippen LogP contribution >= 0.6 is 0 Å². The molecule has 3 saturated carbocycles. The van der Waals surface area contributed by atoms with E-state index in [1.165, 1.54) is 0 Å². The molecule has 9 heteroatoms. The van der Waals surface area contributed by atoms with Crippen LogP contribution in [-0.2, 0) is 9.59 Å². The standard InChI is InChI=1S/C18H25N5O4/c1-10-4-13(23-27-10)16(25)21-14(8-18-5-11(6-18)7-18)17(26)22-20-9-12-2-3-19-15(12)24/h4,11-12,14,20H,2-3,5-9H2,1H3,(H,19,24)(H,21,25)(H,22,26)/t11?,12-,14-,18?/m0/s1.